The average molecular weight is 428 g/mol. The van der Waals surface area contributed by atoms with Crippen molar-refractivity contribution in [3.63, 3.8) is 0 Å². The number of aryl methyl sites for hydroxylation is 2. The molecule has 0 unspecified atom stereocenters. The van der Waals surface area contributed by atoms with Crippen LogP contribution in [0.3, 0.4) is 0 Å². The van der Waals surface area contributed by atoms with Gasteiger partial charge in [0, 0.05) is 28.1 Å². The molecule has 0 aliphatic heterocycles. The van der Waals surface area contributed by atoms with Gasteiger partial charge in [-0.2, -0.15) is 4.98 Å². The van der Waals surface area contributed by atoms with Gasteiger partial charge in [0.25, 0.3) is 5.78 Å². The first-order chi connectivity index (χ1) is 14.0. The number of aromatic nitrogens is 5. The van der Waals surface area contributed by atoms with Gasteiger partial charge in [-0.3, -0.25) is 0 Å². The van der Waals surface area contributed by atoms with E-state index in [9.17, 15) is 0 Å². The summed E-state index contributed by atoms with van der Waals surface area (Å²) in [5.74, 6) is 2.73. The molecule has 29 heavy (non-hydrogen) atoms. The monoisotopic (exact) mass is 427 g/mol. The molecule has 0 bridgehead atoms. The number of thioether (sulfide) groups is 1. The van der Waals surface area contributed by atoms with E-state index >= 15 is 0 Å². The number of benzene rings is 1. The molecule has 0 aliphatic rings. The van der Waals surface area contributed by atoms with Crippen LogP contribution in [0.5, 0.6) is 11.5 Å². The van der Waals surface area contributed by atoms with Crippen molar-refractivity contribution >= 4 is 28.9 Å². The second-order valence-corrected chi connectivity index (χ2v) is 8.32. The molecule has 4 aromatic rings. The molecule has 0 fully saturated rings. The van der Waals surface area contributed by atoms with Crippen molar-refractivity contribution in [1.82, 2.24) is 24.6 Å². The Morgan fingerprint density at radius 1 is 1.03 bits per heavy atom. The molecule has 0 aliphatic carbocycles. The fourth-order valence-electron chi connectivity index (χ4n) is 2.91. The predicted molar refractivity (Wildman–Crippen MR) is 115 cm³/mol. The second-order valence-electron chi connectivity index (χ2n) is 6.52. The van der Waals surface area contributed by atoms with Crippen LogP contribution in [0.25, 0.3) is 16.3 Å². The summed E-state index contributed by atoms with van der Waals surface area (Å²) < 4.78 is 12.5. The number of rotatable bonds is 6. The smallest absolute Gasteiger partial charge is 0.253 e. The minimum atomic E-state index is 0.636. The van der Waals surface area contributed by atoms with Gasteiger partial charge >= 0.3 is 0 Å². The first kappa shape index (κ1) is 19.7. The highest BCUT2D eigenvalue weighted by Gasteiger charge is 2.13. The van der Waals surface area contributed by atoms with Crippen molar-refractivity contribution < 1.29 is 9.47 Å². The van der Waals surface area contributed by atoms with Crippen LogP contribution >= 0.6 is 23.1 Å². The third-order valence-electron chi connectivity index (χ3n) is 4.77. The van der Waals surface area contributed by atoms with Gasteiger partial charge in [-0.25, -0.2) is 14.5 Å². The Morgan fingerprint density at radius 2 is 1.83 bits per heavy atom. The van der Waals surface area contributed by atoms with E-state index < -0.39 is 0 Å². The Hall–Kier alpha value is -2.65. The van der Waals surface area contributed by atoms with Crippen LogP contribution in [-0.2, 0) is 5.75 Å². The molecule has 3 aromatic heterocycles. The molecule has 1 aromatic carbocycles. The maximum atomic E-state index is 5.39. The van der Waals surface area contributed by atoms with Gasteiger partial charge in [0.15, 0.2) is 11.5 Å². The fraction of sp³-hybridized carbons (Fsp3) is 0.300. The van der Waals surface area contributed by atoms with Gasteiger partial charge in [-0.15, -0.1) is 16.4 Å². The van der Waals surface area contributed by atoms with E-state index in [2.05, 4.69) is 27.4 Å². The molecular weight excluding hydrogens is 406 g/mol. The molecule has 0 radical (unpaired) electrons. The lowest BCUT2D eigenvalue weighted by Gasteiger charge is -2.08. The average Bonchev–Trinajstić information content (AvgIpc) is 3.37. The largest absolute Gasteiger partial charge is 0.493 e. The molecule has 4 rings (SSSR count). The van der Waals surface area contributed by atoms with Crippen molar-refractivity contribution in [3.05, 3.63) is 46.2 Å². The molecule has 0 N–H and O–H groups in total. The lowest BCUT2D eigenvalue weighted by Crippen LogP contribution is -2.02. The number of hydrogen-bond acceptors (Lipinski definition) is 8. The van der Waals surface area contributed by atoms with Gasteiger partial charge in [0.05, 0.1) is 19.9 Å². The van der Waals surface area contributed by atoms with E-state index in [1.54, 1.807) is 41.8 Å². The summed E-state index contributed by atoms with van der Waals surface area (Å²) in [4.78, 5) is 13.8. The lowest BCUT2D eigenvalue weighted by molar-refractivity contribution is 0.355. The SMILES string of the molecule is COc1ccc(-c2nc(CSc3nc4nc(C)c(C)c(C)n4n3)cs2)cc1OC. The summed E-state index contributed by atoms with van der Waals surface area (Å²) in [6.07, 6.45) is 0. The first-order valence-corrected chi connectivity index (χ1v) is 10.9. The van der Waals surface area contributed by atoms with E-state index in [4.69, 9.17) is 14.5 Å². The number of fused-ring (bicyclic) bond motifs is 1. The van der Waals surface area contributed by atoms with Crippen LogP contribution in [0.2, 0.25) is 0 Å². The van der Waals surface area contributed by atoms with Crippen molar-refractivity contribution in [1.29, 1.82) is 0 Å². The van der Waals surface area contributed by atoms with Gasteiger partial charge in [0.1, 0.15) is 5.01 Å². The zero-order chi connectivity index (χ0) is 20.5. The topological polar surface area (TPSA) is 74.4 Å². The maximum Gasteiger partial charge on any atom is 0.253 e. The minimum absolute atomic E-state index is 0.636. The fourth-order valence-corrected chi connectivity index (χ4v) is 4.54. The van der Waals surface area contributed by atoms with Gasteiger partial charge in [-0.05, 0) is 44.5 Å². The van der Waals surface area contributed by atoms with Gasteiger partial charge in [-0.1, -0.05) is 11.8 Å². The summed E-state index contributed by atoms with van der Waals surface area (Å²) in [6.45, 7) is 6.08. The Bertz CT molecular complexity index is 1190. The highest BCUT2D eigenvalue weighted by molar-refractivity contribution is 7.98. The molecular formula is C20H21N5O2S2. The lowest BCUT2D eigenvalue weighted by atomic mass is 10.2. The van der Waals surface area contributed by atoms with E-state index in [-0.39, 0.29) is 0 Å². The Labute approximate surface area is 177 Å². The van der Waals surface area contributed by atoms with E-state index in [1.807, 2.05) is 32.0 Å². The van der Waals surface area contributed by atoms with Crippen molar-refractivity contribution in [2.45, 2.75) is 31.7 Å². The van der Waals surface area contributed by atoms with E-state index in [0.29, 0.717) is 28.2 Å². The number of methoxy groups -OCH3 is 2. The highest BCUT2D eigenvalue weighted by atomic mass is 32.2. The van der Waals surface area contributed by atoms with Crippen molar-refractivity contribution in [2.75, 3.05) is 14.2 Å². The molecule has 3 heterocycles. The summed E-state index contributed by atoms with van der Waals surface area (Å²) in [7, 11) is 3.26. The van der Waals surface area contributed by atoms with Crippen LogP contribution < -0.4 is 9.47 Å². The van der Waals surface area contributed by atoms with E-state index in [0.717, 1.165) is 33.2 Å². The number of hydrogen-bond donors (Lipinski definition) is 0. The Kier molecular flexibility index (Phi) is 5.42. The van der Waals surface area contributed by atoms with E-state index in [1.165, 1.54) is 0 Å². The molecule has 9 heteroatoms. The number of nitrogens with zero attached hydrogens (tertiary/aromatic N) is 5. The number of thiazole rings is 1. The number of ether oxygens (including phenoxy) is 2. The van der Waals surface area contributed by atoms with Gasteiger partial charge in [0.2, 0.25) is 5.16 Å². The zero-order valence-electron chi connectivity index (χ0n) is 16.9. The normalized spacial score (nSPS) is 11.2. The third-order valence-corrected chi connectivity index (χ3v) is 6.58. The molecule has 150 valence electrons. The molecule has 0 saturated heterocycles. The first-order valence-electron chi connectivity index (χ1n) is 9.00. The van der Waals surface area contributed by atoms with Crippen LogP contribution in [0.15, 0.2) is 28.7 Å². The minimum Gasteiger partial charge on any atom is -0.493 e. The van der Waals surface area contributed by atoms with Crippen molar-refractivity contribution in [3.8, 4) is 22.1 Å². The predicted octanol–water partition coefficient (Wildman–Crippen LogP) is 4.48. The van der Waals surface area contributed by atoms with Crippen LogP contribution in [0.1, 0.15) is 22.6 Å². The Balaban J connectivity index is 1.51. The maximum absolute atomic E-state index is 5.39. The highest BCUT2D eigenvalue weighted by Crippen LogP contribution is 2.34. The molecule has 0 atom stereocenters. The summed E-state index contributed by atoms with van der Waals surface area (Å²) in [5, 5.41) is 8.29. The summed E-state index contributed by atoms with van der Waals surface area (Å²) in [5.41, 5.74) is 5.17. The summed E-state index contributed by atoms with van der Waals surface area (Å²) in [6, 6.07) is 5.82. The quantitative estimate of drug-likeness (QED) is 0.420. The van der Waals surface area contributed by atoms with Crippen LogP contribution in [-0.4, -0.2) is 38.8 Å². The third kappa shape index (κ3) is 3.79. The molecule has 0 spiro atoms. The molecule has 0 saturated carbocycles. The second kappa shape index (κ2) is 8.00. The Morgan fingerprint density at radius 3 is 2.59 bits per heavy atom. The molecule has 7 nitrogen and oxygen atoms in total. The van der Waals surface area contributed by atoms with Crippen molar-refractivity contribution in [2.24, 2.45) is 0 Å². The molecule has 0 amide bonds. The van der Waals surface area contributed by atoms with Gasteiger partial charge < -0.3 is 9.47 Å². The standard InChI is InChI=1S/C20H21N5O2S2/c1-11-12(2)21-19-23-20(24-25(19)13(11)3)29-10-15-9-28-18(22-15)14-6-7-16(26-4)17(8-14)27-5/h6-9H,10H2,1-5H3. The summed E-state index contributed by atoms with van der Waals surface area (Å²) >= 11 is 3.16. The van der Waals surface area contributed by atoms with Crippen LogP contribution in [0.4, 0.5) is 0 Å². The van der Waals surface area contributed by atoms with Crippen LogP contribution in [0, 0.1) is 20.8 Å². The zero-order valence-corrected chi connectivity index (χ0v) is 18.5.